The number of anilines is 1. The van der Waals surface area contributed by atoms with Gasteiger partial charge in [-0.05, 0) is 42.2 Å². The maximum atomic E-state index is 12.9. The van der Waals surface area contributed by atoms with E-state index in [0.29, 0.717) is 13.2 Å². The maximum absolute atomic E-state index is 12.9. The molecule has 4 nitrogen and oxygen atoms in total. The molecule has 0 saturated heterocycles. The van der Waals surface area contributed by atoms with Crippen molar-refractivity contribution in [3.8, 4) is 0 Å². The summed E-state index contributed by atoms with van der Waals surface area (Å²) in [7, 11) is 1.64. The van der Waals surface area contributed by atoms with E-state index in [0.717, 1.165) is 17.1 Å². The second kappa shape index (κ2) is 7.11. The van der Waals surface area contributed by atoms with Gasteiger partial charge in [0.15, 0.2) is 0 Å². The summed E-state index contributed by atoms with van der Waals surface area (Å²) < 4.78 is 5.14. The van der Waals surface area contributed by atoms with E-state index < -0.39 is 0 Å². The van der Waals surface area contributed by atoms with Crippen LogP contribution in [0.4, 0.5) is 5.69 Å². The van der Waals surface area contributed by atoms with Crippen LogP contribution in [0.2, 0.25) is 5.02 Å². The van der Waals surface area contributed by atoms with Gasteiger partial charge >= 0.3 is 0 Å². The zero-order valence-electron chi connectivity index (χ0n) is 13.0. The van der Waals surface area contributed by atoms with Gasteiger partial charge in [0.1, 0.15) is 0 Å². The molecule has 120 valence electrons. The first-order valence-electron chi connectivity index (χ1n) is 7.66. The summed E-state index contributed by atoms with van der Waals surface area (Å²) in [6.07, 6.45) is 4.28. The van der Waals surface area contributed by atoms with E-state index >= 15 is 0 Å². The lowest BCUT2D eigenvalue weighted by Crippen LogP contribution is -2.35. The Morgan fingerprint density at radius 1 is 1.26 bits per heavy atom. The number of rotatable bonds is 6. The molecule has 3 rings (SSSR count). The number of aromatic nitrogens is 1. The van der Waals surface area contributed by atoms with Crippen molar-refractivity contribution >= 4 is 23.2 Å². The molecule has 23 heavy (non-hydrogen) atoms. The standard InChI is InChI=1S/C18H19ClN2O2/c1-23-11-10-21(15-6-8-20-9-7-15)18(22)17-12-16(17)13-2-4-14(19)5-3-13/h2-9,16-17H,10-12H2,1H3/t16-,17-/m1/s1. The Balaban J connectivity index is 1.73. The highest BCUT2D eigenvalue weighted by Crippen LogP contribution is 2.49. The van der Waals surface area contributed by atoms with E-state index in [4.69, 9.17) is 16.3 Å². The van der Waals surface area contributed by atoms with Crippen molar-refractivity contribution in [2.45, 2.75) is 12.3 Å². The van der Waals surface area contributed by atoms with Crippen LogP contribution < -0.4 is 4.90 Å². The fourth-order valence-electron chi connectivity index (χ4n) is 2.82. The number of halogens is 1. The average Bonchev–Trinajstić information content (AvgIpc) is 3.37. The largest absolute Gasteiger partial charge is 0.383 e. The quantitative estimate of drug-likeness (QED) is 0.814. The van der Waals surface area contributed by atoms with E-state index in [2.05, 4.69) is 4.98 Å². The molecule has 1 saturated carbocycles. The van der Waals surface area contributed by atoms with Crippen molar-refractivity contribution in [3.63, 3.8) is 0 Å². The predicted octanol–water partition coefficient (Wildman–Crippen LogP) is 3.52. The third-order valence-electron chi connectivity index (χ3n) is 4.17. The number of methoxy groups -OCH3 is 1. The van der Waals surface area contributed by atoms with Crippen molar-refractivity contribution in [2.24, 2.45) is 5.92 Å². The highest BCUT2D eigenvalue weighted by molar-refractivity contribution is 6.30. The van der Waals surface area contributed by atoms with Crippen molar-refractivity contribution in [2.75, 3.05) is 25.2 Å². The molecule has 0 radical (unpaired) electrons. The second-order valence-electron chi connectivity index (χ2n) is 5.69. The third-order valence-corrected chi connectivity index (χ3v) is 4.42. The SMILES string of the molecule is COCCN(C(=O)[C@@H]1C[C@@H]1c1ccc(Cl)cc1)c1ccncc1. The van der Waals surface area contributed by atoms with E-state index in [1.807, 2.05) is 36.4 Å². The lowest BCUT2D eigenvalue weighted by atomic mass is 10.1. The molecule has 5 heteroatoms. The van der Waals surface area contributed by atoms with Crippen LogP contribution in [0.3, 0.4) is 0 Å². The zero-order valence-corrected chi connectivity index (χ0v) is 13.7. The summed E-state index contributed by atoms with van der Waals surface area (Å²) in [5, 5.41) is 0.718. The van der Waals surface area contributed by atoms with Crippen LogP contribution in [0, 0.1) is 5.92 Å². The summed E-state index contributed by atoms with van der Waals surface area (Å²) in [4.78, 5) is 18.7. The highest BCUT2D eigenvalue weighted by Gasteiger charge is 2.45. The van der Waals surface area contributed by atoms with Crippen LogP contribution in [-0.2, 0) is 9.53 Å². The van der Waals surface area contributed by atoms with Crippen LogP contribution in [0.25, 0.3) is 0 Å². The molecule has 0 aliphatic heterocycles. The minimum absolute atomic E-state index is 0.0289. The van der Waals surface area contributed by atoms with Crippen LogP contribution in [0.1, 0.15) is 17.9 Å². The smallest absolute Gasteiger partial charge is 0.230 e. The molecule has 1 aromatic heterocycles. The van der Waals surface area contributed by atoms with E-state index in [1.165, 1.54) is 5.56 Å². The van der Waals surface area contributed by atoms with Crippen LogP contribution in [0.15, 0.2) is 48.8 Å². The number of amides is 1. The second-order valence-corrected chi connectivity index (χ2v) is 6.12. The molecule has 1 aromatic carbocycles. The Labute approximate surface area is 141 Å². The summed E-state index contributed by atoms with van der Waals surface area (Å²) >= 11 is 5.93. The van der Waals surface area contributed by atoms with Gasteiger partial charge in [-0.25, -0.2) is 0 Å². The van der Waals surface area contributed by atoms with Gasteiger partial charge in [0.25, 0.3) is 0 Å². The molecule has 0 N–H and O–H groups in total. The molecular formula is C18H19ClN2O2. The van der Waals surface area contributed by atoms with Gasteiger partial charge in [0, 0.05) is 42.7 Å². The monoisotopic (exact) mass is 330 g/mol. The zero-order chi connectivity index (χ0) is 16.2. The Hall–Kier alpha value is -1.91. The molecule has 1 aliphatic carbocycles. The van der Waals surface area contributed by atoms with Gasteiger partial charge in [0.2, 0.25) is 5.91 Å². The van der Waals surface area contributed by atoms with Crippen molar-refractivity contribution in [3.05, 3.63) is 59.4 Å². The first-order chi connectivity index (χ1) is 11.2. The summed E-state index contributed by atoms with van der Waals surface area (Å²) in [5.74, 6) is 0.459. The molecule has 1 amide bonds. The number of carbonyl (C=O) groups is 1. The Kier molecular flexibility index (Phi) is 4.94. The van der Waals surface area contributed by atoms with Crippen molar-refractivity contribution in [1.29, 1.82) is 0 Å². The topological polar surface area (TPSA) is 42.4 Å². The van der Waals surface area contributed by atoms with Gasteiger partial charge < -0.3 is 9.64 Å². The molecule has 0 spiro atoms. The van der Waals surface area contributed by atoms with Gasteiger partial charge in [-0.1, -0.05) is 23.7 Å². The van der Waals surface area contributed by atoms with Gasteiger partial charge in [-0.3, -0.25) is 9.78 Å². The fourth-order valence-corrected chi connectivity index (χ4v) is 2.95. The van der Waals surface area contributed by atoms with Crippen molar-refractivity contribution in [1.82, 2.24) is 4.98 Å². The van der Waals surface area contributed by atoms with E-state index in [9.17, 15) is 4.79 Å². The summed E-state index contributed by atoms with van der Waals surface area (Å²) in [5.41, 5.74) is 2.04. The minimum Gasteiger partial charge on any atom is -0.383 e. The third kappa shape index (κ3) is 3.71. The molecule has 2 atom stereocenters. The van der Waals surface area contributed by atoms with Gasteiger partial charge in [-0.2, -0.15) is 0 Å². The first-order valence-corrected chi connectivity index (χ1v) is 8.04. The Morgan fingerprint density at radius 2 is 1.96 bits per heavy atom. The van der Waals surface area contributed by atoms with Gasteiger partial charge in [-0.15, -0.1) is 0 Å². The van der Waals surface area contributed by atoms with Crippen LogP contribution in [0.5, 0.6) is 0 Å². The fraction of sp³-hybridized carbons (Fsp3) is 0.333. The maximum Gasteiger partial charge on any atom is 0.230 e. The predicted molar refractivity (Wildman–Crippen MR) is 90.8 cm³/mol. The van der Waals surface area contributed by atoms with Crippen LogP contribution in [-0.4, -0.2) is 31.2 Å². The Bertz CT molecular complexity index is 660. The average molecular weight is 331 g/mol. The number of hydrogen-bond acceptors (Lipinski definition) is 3. The number of nitrogens with zero attached hydrogens (tertiary/aromatic N) is 2. The normalized spacial score (nSPS) is 19.4. The summed E-state index contributed by atoms with van der Waals surface area (Å²) in [6.45, 7) is 1.05. The number of hydrogen-bond donors (Lipinski definition) is 0. The van der Waals surface area contributed by atoms with E-state index in [1.54, 1.807) is 24.4 Å². The number of benzene rings is 1. The number of pyridine rings is 1. The molecule has 1 fully saturated rings. The molecular weight excluding hydrogens is 312 g/mol. The van der Waals surface area contributed by atoms with Crippen LogP contribution >= 0.6 is 11.6 Å². The lowest BCUT2D eigenvalue weighted by Gasteiger charge is -2.22. The molecule has 1 heterocycles. The molecule has 1 aliphatic rings. The van der Waals surface area contributed by atoms with Crippen molar-refractivity contribution < 1.29 is 9.53 Å². The molecule has 0 bridgehead atoms. The minimum atomic E-state index is 0.0289. The molecule has 0 unspecified atom stereocenters. The lowest BCUT2D eigenvalue weighted by molar-refractivity contribution is -0.120. The number of carbonyl (C=O) groups excluding carboxylic acids is 1. The van der Waals surface area contributed by atoms with E-state index in [-0.39, 0.29) is 17.7 Å². The summed E-state index contributed by atoms with van der Waals surface area (Å²) in [6, 6.07) is 11.5. The molecule has 2 aromatic rings. The first kappa shape index (κ1) is 16.0. The number of ether oxygens (including phenoxy) is 1. The van der Waals surface area contributed by atoms with Gasteiger partial charge in [0.05, 0.1) is 6.61 Å². The Morgan fingerprint density at radius 3 is 2.61 bits per heavy atom. The highest BCUT2D eigenvalue weighted by atomic mass is 35.5.